The number of methoxy groups -OCH3 is 1. The van der Waals surface area contributed by atoms with Crippen molar-refractivity contribution in [2.45, 2.75) is 0 Å². The predicted molar refractivity (Wildman–Crippen MR) is 98.2 cm³/mol. The normalized spacial score (nSPS) is 10.8. The van der Waals surface area contributed by atoms with Gasteiger partial charge in [-0.3, -0.25) is 0 Å². The van der Waals surface area contributed by atoms with Gasteiger partial charge in [-0.15, -0.1) is 0 Å². The third-order valence-electron chi connectivity index (χ3n) is 4.16. The highest BCUT2D eigenvalue weighted by Crippen LogP contribution is 2.32. The zero-order valence-electron chi connectivity index (χ0n) is 14.1. The van der Waals surface area contributed by atoms with Gasteiger partial charge in [0.2, 0.25) is 0 Å². The molecule has 4 aromatic rings. The van der Waals surface area contributed by atoms with E-state index in [1.54, 1.807) is 13.3 Å². The van der Waals surface area contributed by atoms with Gasteiger partial charge >= 0.3 is 0 Å². The molecule has 25 heavy (non-hydrogen) atoms. The zero-order chi connectivity index (χ0) is 17.2. The number of nitrogens with zero attached hydrogens (tertiary/aromatic N) is 3. The molecule has 1 N–H and O–H groups in total. The Balaban J connectivity index is 1.87. The van der Waals surface area contributed by atoms with Crippen molar-refractivity contribution in [3.63, 3.8) is 0 Å². The van der Waals surface area contributed by atoms with Crippen molar-refractivity contribution in [2.24, 2.45) is 7.05 Å². The van der Waals surface area contributed by atoms with Crippen LogP contribution in [0, 0.1) is 0 Å². The van der Waals surface area contributed by atoms with Gasteiger partial charge < -0.3 is 14.3 Å². The summed E-state index contributed by atoms with van der Waals surface area (Å²) in [6, 6.07) is 18.0. The van der Waals surface area contributed by atoms with Gasteiger partial charge in [0.25, 0.3) is 0 Å². The zero-order valence-corrected chi connectivity index (χ0v) is 14.1. The van der Waals surface area contributed by atoms with Crippen LogP contribution in [-0.2, 0) is 7.05 Å². The number of ether oxygens (including phenoxy) is 1. The smallest absolute Gasteiger partial charge is 0.158 e. The van der Waals surface area contributed by atoms with Crippen molar-refractivity contribution in [2.75, 3.05) is 7.11 Å². The maximum Gasteiger partial charge on any atom is 0.158 e. The summed E-state index contributed by atoms with van der Waals surface area (Å²) in [6.07, 6.45) is 3.72. The summed E-state index contributed by atoms with van der Waals surface area (Å²) in [5.41, 5.74) is 3.85. The Bertz CT molecular complexity index is 984. The summed E-state index contributed by atoms with van der Waals surface area (Å²) in [4.78, 5) is 12.8. The fourth-order valence-corrected chi connectivity index (χ4v) is 2.83. The first kappa shape index (κ1) is 15.2. The Kier molecular flexibility index (Phi) is 3.82. The standard InChI is InChI=1S/C20H18N4O/c1-24-13-12-21-20(24)18-17(14-6-4-3-5-7-14)22-19(23-18)15-8-10-16(25-2)11-9-15/h3-13H,1-2H3,(H,22,23). The Morgan fingerprint density at radius 3 is 2.36 bits per heavy atom. The van der Waals surface area contributed by atoms with Crippen molar-refractivity contribution in [1.82, 2.24) is 19.5 Å². The summed E-state index contributed by atoms with van der Waals surface area (Å²) in [5, 5.41) is 0. The molecule has 0 bridgehead atoms. The molecule has 0 aliphatic rings. The quantitative estimate of drug-likeness (QED) is 0.611. The minimum absolute atomic E-state index is 0.805. The van der Waals surface area contributed by atoms with Crippen molar-refractivity contribution in [1.29, 1.82) is 0 Å². The number of rotatable bonds is 4. The summed E-state index contributed by atoms with van der Waals surface area (Å²) in [7, 11) is 3.64. The summed E-state index contributed by atoms with van der Waals surface area (Å²) in [5.74, 6) is 2.48. The maximum atomic E-state index is 5.23. The van der Waals surface area contributed by atoms with Crippen LogP contribution in [0.2, 0.25) is 0 Å². The average molecular weight is 330 g/mol. The van der Waals surface area contributed by atoms with Crippen molar-refractivity contribution in [3.8, 4) is 39.9 Å². The van der Waals surface area contributed by atoms with Gasteiger partial charge in [-0.1, -0.05) is 30.3 Å². The van der Waals surface area contributed by atoms with Crippen molar-refractivity contribution < 1.29 is 4.74 Å². The molecule has 4 rings (SSSR count). The van der Waals surface area contributed by atoms with E-state index in [9.17, 15) is 0 Å². The SMILES string of the molecule is COc1ccc(-c2nc(-c3ccccc3)c(-c3nccn3C)[nH]2)cc1. The third-order valence-corrected chi connectivity index (χ3v) is 4.16. The summed E-state index contributed by atoms with van der Waals surface area (Å²) >= 11 is 0. The van der Waals surface area contributed by atoms with E-state index in [1.165, 1.54) is 0 Å². The van der Waals surface area contributed by atoms with Crippen LogP contribution in [0.3, 0.4) is 0 Å². The Hall–Kier alpha value is -3.34. The first-order valence-corrected chi connectivity index (χ1v) is 8.04. The summed E-state index contributed by atoms with van der Waals surface area (Å²) in [6.45, 7) is 0. The molecule has 0 saturated carbocycles. The summed E-state index contributed by atoms with van der Waals surface area (Å²) < 4.78 is 7.22. The van der Waals surface area contributed by atoms with Gasteiger partial charge in [-0.2, -0.15) is 0 Å². The van der Waals surface area contributed by atoms with E-state index < -0.39 is 0 Å². The lowest BCUT2D eigenvalue weighted by molar-refractivity contribution is 0.415. The number of H-pyrrole nitrogens is 1. The van der Waals surface area contributed by atoms with Gasteiger partial charge in [-0.05, 0) is 24.3 Å². The molecule has 0 fully saturated rings. The third kappa shape index (κ3) is 2.80. The second-order valence-corrected chi connectivity index (χ2v) is 5.77. The second-order valence-electron chi connectivity index (χ2n) is 5.77. The molecule has 124 valence electrons. The van der Waals surface area contributed by atoms with E-state index in [4.69, 9.17) is 9.72 Å². The molecule has 0 saturated heterocycles. The van der Waals surface area contributed by atoms with Crippen LogP contribution < -0.4 is 4.74 Å². The fourth-order valence-electron chi connectivity index (χ4n) is 2.83. The lowest BCUT2D eigenvalue weighted by Gasteiger charge is -2.02. The fraction of sp³-hybridized carbons (Fsp3) is 0.100. The number of imidazole rings is 2. The van der Waals surface area contributed by atoms with Gasteiger partial charge in [0, 0.05) is 30.6 Å². The minimum Gasteiger partial charge on any atom is -0.497 e. The number of benzene rings is 2. The largest absolute Gasteiger partial charge is 0.497 e. The molecule has 2 aromatic carbocycles. The lowest BCUT2D eigenvalue weighted by atomic mass is 10.1. The van der Waals surface area contributed by atoms with Crippen LogP contribution in [0.4, 0.5) is 0 Å². The maximum absolute atomic E-state index is 5.23. The number of hydrogen-bond acceptors (Lipinski definition) is 3. The Labute approximate surface area is 146 Å². The molecule has 2 heterocycles. The first-order valence-electron chi connectivity index (χ1n) is 8.04. The van der Waals surface area contributed by atoms with E-state index in [1.807, 2.05) is 60.3 Å². The molecule has 5 nitrogen and oxygen atoms in total. The molecule has 0 aliphatic heterocycles. The first-order chi connectivity index (χ1) is 12.3. The Morgan fingerprint density at radius 1 is 0.960 bits per heavy atom. The van der Waals surface area contributed by atoms with E-state index in [0.717, 1.165) is 39.9 Å². The van der Waals surface area contributed by atoms with Crippen LogP contribution in [0.15, 0.2) is 67.0 Å². The highest BCUT2D eigenvalue weighted by molar-refractivity contribution is 5.78. The predicted octanol–water partition coefficient (Wildman–Crippen LogP) is 4.15. The number of hydrogen-bond donors (Lipinski definition) is 1. The van der Waals surface area contributed by atoms with Crippen LogP contribution in [0.25, 0.3) is 34.2 Å². The molecular weight excluding hydrogens is 312 g/mol. The van der Waals surface area contributed by atoms with Crippen LogP contribution >= 0.6 is 0 Å². The van der Waals surface area contributed by atoms with Crippen molar-refractivity contribution in [3.05, 3.63) is 67.0 Å². The van der Waals surface area contributed by atoms with Gasteiger partial charge in [0.15, 0.2) is 5.82 Å². The van der Waals surface area contributed by atoms with E-state index in [-0.39, 0.29) is 0 Å². The second kappa shape index (κ2) is 6.28. The number of aryl methyl sites for hydroxylation is 1. The molecule has 0 atom stereocenters. The lowest BCUT2D eigenvalue weighted by Crippen LogP contribution is -1.93. The molecule has 0 spiro atoms. The van der Waals surface area contributed by atoms with Gasteiger partial charge in [0.05, 0.1) is 7.11 Å². The van der Waals surface area contributed by atoms with Gasteiger partial charge in [-0.25, -0.2) is 9.97 Å². The molecule has 5 heteroatoms. The number of nitrogens with one attached hydrogen (secondary N) is 1. The molecular formula is C20H18N4O. The monoisotopic (exact) mass is 330 g/mol. The van der Waals surface area contributed by atoms with Gasteiger partial charge in [0.1, 0.15) is 23.0 Å². The topological polar surface area (TPSA) is 55.7 Å². The molecule has 0 unspecified atom stereocenters. The van der Waals surface area contributed by atoms with Crippen molar-refractivity contribution >= 4 is 0 Å². The van der Waals surface area contributed by atoms with E-state index >= 15 is 0 Å². The number of aromatic amines is 1. The number of aromatic nitrogens is 4. The van der Waals surface area contributed by atoms with Crippen LogP contribution in [0.1, 0.15) is 0 Å². The Morgan fingerprint density at radius 2 is 1.72 bits per heavy atom. The highest BCUT2D eigenvalue weighted by Gasteiger charge is 2.17. The van der Waals surface area contributed by atoms with Crippen LogP contribution in [0.5, 0.6) is 5.75 Å². The average Bonchev–Trinajstić information content (AvgIpc) is 3.28. The van der Waals surface area contributed by atoms with Crippen LogP contribution in [-0.4, -0.2) is 26.6 Å². The van der Waals surface area contributed by atoms with E-state index in [2.05, 4.69) is 22.1 Å². The molecule has 0 amide bonds. The van der Waals surface area contributed by atoms with E-state index in [0.29, 0.717) is 0 Å². The molecule has 0 radical (unpaired) electrons. The highest BCUT2D eigenvalue weighted by atomic mass is 16.5. The minimum atomic E-state index is 0.805. The molecule has 0 aliphatic carbocycles. The molecule has 2 aromatic heterocycles.